The summed E-state index contributed by atoms with van der Waals surface area (Å²) in [5.74, 6) is -0.888. The van der Waals surface area contributed by atoms with Gasteiger partial charge < -0.3 is 5.11 Å². The molecule has 2 nitrogen and oxygen atoms in total. The molecule has 2 unspecified atom stereocenters. The highest BCUT2D eigenvalue weighted by molar-refractivity contribution is 7.81. The summed E-state index contributed by atoms with van der Waals surface area (Å²) in [5.41, 5.74) is 0. The van der Waals surface area contributed by atoms with E-state index in [4.69, 9.17) is 5.11 Å². The molecule has 0 spiro atoms. The Hall–Kier alpha value is -0.180. The Balaban J connectivity index is 2.46. The fourth-order valence-electron chi connectivity index (χ4n) is 2.28. The standard InChI is InChI=1S/C12H22O2S/c13-12(14)10-8-6-4-2-1-3-5-7-9-11(10)15/h10-11,15H,1-9H2,(H,13,14). The summed E-state index contributed by atoms with van der Waals surface area (Å²) >= 11 is 4.45. The summed E-state index contributed by atoms with van der Waals surface area (Å²) in [6.07, 6.45) is 10.3. The van der Waals surface area contributed by atoms with Crippen molar-refractivity contribution >= 4 is 18.6 Å². The molecule has 1 N–H and O–H groups in total. The van der Waals surface area contributed by atoms with E-state index in [1.807, 2.05) is 0 Å². The normalized spacial score (nSPS) is 30.5. The fraction of sp³-hybridized carbons (Fsp3) is 0.917. The van der Waals surface area contributed by atoms with Crippen LogP contribution in [0.4, 0.5) is 0 Å². The van der Waals surface area contributed by atoms with Crippen LogP contribution < -0.4 is 0 Å². The molecule has 2 atom stereocenters. The number of carbonyl (C=O) groups is 1. The Morgan fingerprint density at radius 2 is 1.40 bits per heavy atom. The maximum absolute atomic E-state index is 11.1. The summed E-state index contributed by atoms with van der Waals surface area (Å²) in [6, 6.07) is 0. The number of carboxylic acids is 1. The van der Waals surface area contributed by atoms with E-state index >= 15 is 0 Å². The third kappa shape index (κ3) is 4.92. The molecule has 88 valence electrons. The third-order valence-corrected chi connectivity index (χ3v) is 3.91. The third-order valence-electron chi connectivity index (χ3n) is 3.30. The molecule has 0 aromatic rings. The molecular formula is C12H22O2S. The molecule has 0 aromatic carbocycles. The van der Waals surface area contributed by atoms with Gasteiger partial charge in [-0.1, -0.05) is 44.9 Å². The van der Waals surface area contributed by atoms with E-state index in [1.165, 1.54) is 32.1 Å². The van der Waals surface area contributed by atoms with Crippen LogP contribution in [0.1, 0.15) is 57.8 Å². The van der Waals surface area contributed by atoms with Crippen LogP contribution in [0.2, 0.25) is 0 Å². The van der Waals surface area contributed by atoms with Gasteiger partial charge in [-0.2, -0.15) is 12.6 Å². The molecule has 1 saturated carbocycles. The van der Waals surface area contributed by atoms with Crippen LogP contribution in [0.15, 0.2) is 0 Å². The second-order valence-corrected chi connectivity index (χ2v) is 5.23. The zero-order valence-corrected chi connectivity index (χ0v) is 10.2. The van der Waals surface area contributed by atoms with Crippen LogP contribution in [0.5, 0.6) is 0 Å². The number of thiol groups is 1. The SMILES string of the molecule is O=C(O)C1CCCCCCCCCC1S. The minimum Gasteiger partial charge on any atom is -0.481 e. The second-order valence-electron chi connectivity index (χ2n) is 4.56. The first kappa shape index (κ1) is 12.9. The van der Waals surface area contributed by atoms with Crippen molar-refractivity contribution in [2.75, 3.05) is 0 Å². The van der Waals surface area contributed by atoms with E-state index in [-0.39, 0.29) is 11.2 Å². The van der Waals surface area contributed by atoms with Gasteiger partial charge in [0.1, 0.15) is 0 Å². The summed E-state index contributed by atoms with van der Waals surface area (Å²) in [6.45, 7) is 0. The highest BCUT2D eigenvalue weighted by Crippen LogP contribution is 2.25. The Bertz CT molecular complexity index is 194. The van der Waals surface area contributed by atoms with Crippen molar-refractivity contribution in [3.8, 4) is 0 Å². The first-order valence-electron chi connectivity index (χ1n) is 6.12. The largest absolute Gasteiger partial charge is 0.481 e. The smallest absolute Gasteiger partial charge is 0.307 e. The molecule has 0 saturated heterocycles. The highest BCUT2D eigenvalue weighted by Gasteiger charge is 2.24. The van der Waals surface area contributed by atoms with Crippen molar-refractivity contribution in [2.45, 2.75) is 63.0 Å². The molecule has 0 radical (unpaired) electrons. The average Bonchev–Trinajstić information content (AvgIpc) is 2.23. The number of aliphatic carboxylic acids is 1. The van der Waals surface area contributed by atoms with Gasteiger partial charge in [-0.15, -0.1) is 0 Å². The average molecular weight is 230 g/mol. The summed E-state index contributed by atoms with van der Waals surface area (Å²) in [7, 11) is 0. The van der Waals surface area contributed by atoms with Crippen LogP contribution in [0.25, 0.3) is 0 Å². The minimum atomic E-state index is -0.658. The first-order chi connectivity index (χ1) is 7.22. The van der Waals surface area contributed by atoms with Gasteiger partial charge in [-0.3, -0.25) is 4.79 Å². The second kappa shape index (κ2) is 7.15. The molecule has 1 aliphatic carbocycles. The molecule has 1 aliphatic rings. The Morgan fingerprint density at radius 3 is 1.93 bits per heavy atom. The molecule has 0 bridgehead atoms. The van der Waals surface area contributed by atoms with E-state index < -0.39 is 5.97 Å². The van der Waals surface area contributed by atoms with Crippen molar-refractivity contribution < 1.29 is 9.90 Å². The van der Waals surface area contributed by atoms with Gasteiger partial charge in [0.2, 0.25) is 0 Å². The fourth-order valence-corrected chi connectivity index (χ4v) is 2.74. The van der Waals surface area contributed by atoms with Crippen LogP contribution >= 0.6 is 12.6 Å². The zero-order valence-electron chi connectivity index (χ0n) is 9.32. The number of hydrogen-bond acceptors (Lipinski definition) is 2. The first-order valence-corrected chi connectivity index (χ1v) is 6.64. The van der Waals surface area contributed by atoms with Crippen LogP contribution in [0.3, 0.4) is 0 Å². The molecule has 0 aliphatic heterocycles. The van der Waals surface area contributed by atoms with Crippen LogP contribution in [-0.4, -0.2) is 16.3 Å². The molecule has 1 fully saturated rings. The number of rotatable bonds is 1. The lowest BCUT2D eigenvalue weighted by atomic mass is 9.95. The maximum Gasteiger partial charge on any atom is 0.307 e. The van der Waals surface area contributed by atoms with Crippen LogP contribution in [0, 0.1) is 5.92 Å². The van der Waals surface area contributed by atoms with Gasteiger partial charge in [0, 0.05) is 5.25 Å². The van der Waals surface area contributed by atoms with E-state index in [1.54, 1.807) is 0 Å². The highest BCUT2D eigenvalue weighted by atomic mass is 32.1. The van der Waals surface area contributed by atoms with E-state index in [9.17, 15) is 4.79 Å². The quantitative estimate of drug-likeness (QED) is 0.676. The Labute approximate surface area is 97.9 Å². The molecule has 0 heterocycles. The molecule has 1 rings (SSSR count). The topological polar surface area (TPSA) is 37.3 Å². The van der Waals surface area contributed by atoms with E-state index in [0.717, 1.165) is 25.7 Å². The summed E-state index contributed by atoms with van der Waals surface area (Å²) < 4.78 is 0. The van der Waals surface area contributed by atoms with E-state index in [2.05, 4.69) is 12.6 Å². The van der Waals surface area contributed by atoms with Crippen molar-refractivity contribution in [3.63, 3.8) is 0 Å². The monoisotopic (exact) mass is 230 g/mol. The molecule has 0 amide bonds. The number of carboxylic acid groups (broad SMARTS) is 1. The molecule has 0 aromatic heterocycles. The van der Waals surface area contributed by atoms with Gasteiger partial charge in [0.25, 0.3) is 0 Å². The summed E-state index contributed by atoms with van der Waals surface area (Å²) in [4.78, 5) is 11.1. The summed E-state index contributed by atoms with van der Waals surface area (Å²) in [5, 5.41) is 9.17. The zero-order chi connectivity index (χ0) is 11.1. The lowest BCUT2D eigenvalue weighted by Gasteiger charge is -2.18. The van der Waals surface area contributed by atoms with Crippen molar-refractivity contribution in [1.29, 1.82) is 0 Å². The Morgan fingerprint density at radius 1 is 0.933 bits per heavy atom. The van der Waals surface area contributed by atoms with Gasteiger partial charge in [0.15, 0.2) is 0 Å². The lowest BCUT2D eigenvalue weighted by Crippen LogP contribution is -2.24. The van der Waals surface area contributed by atoms with Gasteiger partial charge in [-0.25, -0.2) is 0 Å². The van der Waals surface area contributed by atoms with Gasteiger partial charge in [0.05, 0.1) is 5.92 Å². The molecule has 3 heteroatoms. The van der Waals surface area contributed by atoms with Gasteiger partial charge in [-0.05, 0) is 12.8 Å². The van der Waals surface area contributed by atoms with Gasteiger partial charge >= 0.3 is 5.97 Å². The predicted octanol–water partition coefficient (Wildman–Crippen LogP) is 3.51. The number of hydrogen-bond donors (Lipinski definition) is 2. The maximum atomic E-state index is 11.1. The molecular weight excluding hydrogens is 208 g/mol. The van der Waals surface area contributed by atoms with Crippen molar-refractivity contribution in [1.82, 2.24) is 0 Å². The van der Waals surface area contributed by atoms with Crippen molar-refractivity contribution in [3.05, 3.63) is 0 Å². The van der Waals surface area contributed by atoms with Crippen LogP contribution in [-0.2, 0) is 4.79 Å². The Kier molecular flexibility index (Phi) is 6.15. The van der Waals surface area contributed by atoms with E-state index in [0.29, 0.717) is 0 Å². The molecule has 15 heavy (non-hydrogen) atoms. The van der Waals surface area contributed by atoms with Crippen molar-refractivity contribution in [2.24, 2.45) is 5.92 Å². The lowest BCUT2D eigenvalue weighted by molar-refractivity contribution is -0.142. The minimum absolute atomic E-state index is 0.0561. The predicted molar refractivity (Wildman–Crippen MR) is 65.5 cm³/mol.